The van der Waals surface area contributed by atoms with Gasteiger partial charge in [0.05, 0.1) is 0 Å². The number of nitrogens with zero attached hydrogens (tertiary/aromatic N) is 1. The number of pyridine rings is 1. The van der Waals surface area contributed by atoms with Gasteiger partial charge in [-0.2, -0.15) is 0 Å². The van der Waals surface area contributed by atoms with Crippen LogP contribution in [0.3, 0.4) is 0 Å². The van der Waals surface area contributed by atoms with Crippen molar-refractivity contribution in [3.63, 3.8) is 0 Å². The summed E-state index contributed by atoms with van der Waals surface area (Å²) in [6.45, 7) is 1.88. The molecule has 2 aromatic rings. The Labute approximate surface area is 99.5 Å². The standard InChI is InChI=1S/C13H14FN3/c1-9(15)10-5-2-3-7-12(10)17-13-11(14)6-4-8-16-13/h2-9H,15H2,1H3,(H,16,17). The van der Waals surface area contributed by atoms with Crippen LogP contribution in [0, 0.1) is 5.82 Å². The van der Waals surface area contributed by atoms with Gasteiger partial charge in [0.15, 0.2) is 11.6 Å². The molecule has 1 heterocycles. The topological polar surface area (TPSA) is 50.9 Å². The van der Waals surface area contributed by atoms with Crippen LogP contribution in [-0.2, 0) is 0 Å². The van der Waals surface area contributed by atoms with Crippen LogP contribution >= 0.6 is 0 Å². The van der Waals surface area contributed by atoms with E-state index in [1.807, 2.05) is 31.2 Å². The van der Waals surface area contributed by atoms with Gasteiger partial charge in [0.1, 0.15) is 0 Å². The molecule has 0 fully saturated rings. The number of nitrogens with one attached hydrogen (secondary N) is 1. The van der Waals surface area contributed by atoms with Gasteiger partial charge in [-0.05, 0) is 30.7 Å². The Morgan fingerprint density at radius 2 is 2.00 bits per heavy atom. The van der Waals surface area contributed by atoms with Crippen molar-refractivity contribution in [3.8, 4) is 0 Å². The first-order chi connectivity index (χ1) is 8.18. The van der Waals surface area contributed by atoms with Crippen molar-refractivity contribution in [3.05, 3.63) is 54.0 Å². The summed E-state index contributed by atoms with van der Waals surface area (Å²) >= 11 is 0. The average Bonchev–Trinajstić information content (AvgIpc) is 2.32. The highest BCUT2D eigenvalue weighted by molar-refractivity contribution is 5.61. The fraction of sp³-hybridized carbons (Fsp3) is 0.154. The summed E-state index contributed by atoms with van der Waals surface area (Å²) in [5, 5.41) is 2.96. The fourth-order valence-electron chi connectivity index (χ4n) is 1.61. The number of halogens is 1. The molecule has 1 aromatic heterocycles. The van der Waals surface area contributed by atoms with Crippen molar-refractivity contribution >= 4 is 11.5 Å². The molecule has 1 unspecified atom stereocenters. The number of nitrogens with two attached hydrogens (primary N) is 1. The highest BCUT2D eigenvalue weighted by atomic mass is 19.1. The molecular weight excluding hydrogens is 217 g/mol. The zero-order chi connectivity index (χ0) is 12.3. The first-order valence-corrected chi connectivity index (χ1v) is 5.40. The predicted octanol–water partition coefficient (Wildman–Crippen LogP) is 2.98. The number of benzene rings is 1. The first kappa shape index (κ1) is 11.5. The van der Waals surface area contributed by atoms with Crippen molar-refractivity contribution in [2.24, 2.45) is 5.73 Å². The van der Waals surface area contributed by atoms with Gasteiger partial charge in [-0.3, -0.25) is 0 Å². The van der Waals surface area contributed by atoms with Gasteiger partial charge in [-0.15, -0.1) is 0 Å². The summed E-state index contributed by atoms with van der Waals surface area (Å²) < 4.78 is 13.5. The third-order valence-corrected chi connectivity index (χ3v) is 2.46. The maximum atomic E-state index is 13.5. The zero-order valence-corrected chi connectivity index (χ0v) is 9.52. The quantitative estimate of drug-likeness (QED) is 0.853. The summed E-state index contributed by atoms with van der Waals surface area (Å²) in [4.78, 5) is 3.95. The predicted molar refractivity (Wildman–Crippen MR) is 66.5 cm³/mol. The van der Waals surface area contributed by atoms with Gasteiger partial charge < -0.3 is 11.1 Å². The molecule has 1 atom stereocenters. The summed E-state index contributed by atoms with van der Waals surface area (Å²) in [6.07, 6.45) is 1.54. The van der Waals surface area contributed by atoms with E-state index in [-0.39, 0.29) is 17.7 Å². The van der Waals surface area contributed by atoms with Gasteiger partial charge in [-0.1, -0.05) is 18.2 Å². The molecule has 0 bridgehead atoms. The molecule has 0 saturated carbocycles. The minimum atomic E-state index is -0.382. The zero-order valence-electron chi connectivity index (χ0n) is 9.52. The molecule has 88 valence electrons. The molecular formula is C13H14FN3. The lowest BCUT2D eigenvalue weighted by Crippen LogP contribution is -2.08. The van der Waals surface area contributed by atoms with Crippen molar-refractivity contribution < 1.29 is 4.39 Å². The fourth-order valence-corrected chi connectivity index (χ4v) is 1.61. The molecule has 0 spiro atoms. The minimum Gasteiger partial charge on any atom is -0.338 e. The summed E-state index contributed by atoms with van der Waals surface area (Å²) in [5.74, 6) is -0.174. The first-order valence-electron chi connectivity index (χ1n) is 5.40. The number of aromatic nitrogens is 1. The van der Waals surface area contributed by atoms with Crippen LogP contribution in [0.1, 0.15) is 18.5 Å². The Morgan fingerprint density at radius 1 is 1.24 bits per heavy atom. The lowest BCUT2D eigenvalue weighted by molar-refractivity contribution is 0.626. The second-order valence-corrected chi connectivity index (χ2v) is 3.83. The van der Waals surface area contributed by atoms with Crippen molar-refractivity contribution in [1.82, 2.24) is 4.98 Å². The van der Waals surface area contributed by atoms with E-state index in [4.69, 9.17) is 5.73 Å². The number of para-hydroxylation sites is 1. The van der Waals surface area contributed by atoms with Gasteiger partial charge in [0.2, 0.25) is 0 Å². The van der Waals surface area contributed by atoms with E-state index >= 15 is 0 Å². The molecule has 0 radical (unpaired) electrons. The van der Waals surface area contributed by atoms with Crippen LogP contribution in [0.2, 0.25) is 0 Å². The monoisotopic (exact) mass is 231 g/mol. The van der Waals surface area contributed by atoms with Gasteiger partial charge in [0.25, 0.3) is 0 Å². The van der Waals surface area contributed by atoms with Gasteiger partial charge >= 0.3 is 0 Å². The van der Waals surface area contributed by atoms with Crippen LogP contribution in [0.4, 0.5) is 15.9 Å². The van der Waals surface area contributed by atoms with E-state index in [2.05, 4.69) is 10.3 Å². The molecule has 3 nitrogen and oxygen atoms in total. The summed E-state index contributed by atoms with van der Waals surface area (Å²) in [6, 6.07) is 10.3. The molecule has 2 rings (SSSR count). The third kappa shape index (κ3) is 2.60. The maximum absolute atomic E-state index is 13.5. The average molecular weight is 231 g/mol. The molecule has 0 aliphatic carbocycles. The SMILES string of the molecule is CC(N)c1ccccc1Nc1ncccc1F. The molecule has 4 heteroatoms. The number of anilines is 2. The van der Waals surface area contributed by atoms with Crippen LogP contribution in [0.25, 0.3) is 0 Å². The second kappa shape index (κ2) is 4.93. The van der Waals surface area contributed by atoms with Gasteiger partial charge in [0, 0.05) is 17.9 Å². The van der Waals surface area contributed by atoms with Crippen molar-refractivity contribution in [1.29, 1.82) is 0 Å². The molecule has 17 heavy (non-hydrogen) atoms. The largest absolute Gasteiger partial charge is 0.338 e. The Hall–Kier alpha value is -1.94. The normalized spacial score (nSPS) is 12.2. The van der Waals surface area contributed by atoms with Crippen LogP contribution in [-0.4, -0.2) is 4.98 Å². The Morgan fingerprint density at radius 3 is 2.71 bits per heavy atom. The van der Waals surface area contributed by atoms with E-state index in [9.17, 15) is 4.39 Å². The smallest absolute Gasteiger partial charge is 0.166 e. The van der Waals surface area contributed by atoms with Gasteiger partial charge in [-0.25, -0.2) is 9.37 Å². The third-order valence-electron chi connectivity index (χ3n) is 2.46. The molecule has 1 aromatic carbocycles. The van der Waals surface area contributed by atoms with E-state index in [1.165, 1.54) is 6.07 Å². The van der Waals surface area contributed by atoms with E-state index in [0.717, 1.165) is 11.3 Å². The summed E-state index contributed by atoms with van der Waals surface area (Å²) in [7, 11) is 0. The molecule has 0 amide bonds. The van der Waals surface area contributed by atoms with Crippen LogP contribution in [0.5, 0.6) is 0 Å². The van der Waals surface area contributed by atoms with E-state index in [1.54, 1.807) is 12.3 Å². The van der Waals surface area contributed by atoms with Crippen molar-refractivity contribution in [2.75, 3.05) is 5.32 Å². The second-order valence-electron chi connectivity index (χ2n) is 3.83. The Bertz CT molecular complexity index is 512. The van der Waals surface area contributed by atoms with Crippen LogP contribution in [0.15, 0.2) is 42.6 Å². The Balaban J connectivity index is 2.34. The lowest BCUT2D eigenvalue weighted by atomic mass is 10.1. The van der Waals surface area contributed by atoms with Crippen molar-refractivity contribution in [2.45, 2.75) is 13.0 Å². The highest BCUT2D eigenvalue weighted by Crippen LogP contribution is 2.24. The summed E-state index contributed by atoms with van der Waals surface area (Å²) in [5.41, 5.74) is 7.56. The molecule has 0 saturated heterocycles. The van der Waals surface area contributed by atoms with E-state index in [0.29, 0.717) is 0 Å². The minimum absolute atomic E-state index is 0.120. The number of hydrogen-bond acceptors (Lipinski definition) is 3. The highest BCUT2D eigenvalue weighted by Gasteiger charge is 2.08. The maximum Gasteiger partial charge on any atom is 0.166 e. The van der Waals surface area contributed by atoms with Crippen LogP contribution < -0.4 is 11.1 Å². The molecule has 0 aliphatic rings. The number of hydrogen-bond donors (Lipinski definition) is 2. The van der Waals surface area contributed by atoms with E-state index < -0.39 is 0 Å². The Kier molecular flexibility index (Phi) is 3.35. The molecule has 3 N–H and O–H groups in total. The lowest BCUT2D eigenvalue weighted by Gasteiger charge is -2.14. The molecule has 0 aliphatic heterocycles. The number of rotatable bonds is 3.